The van der Waals surface area contributed by atoms with Crippen LogP contribution in [0.15, 0.2) is 0 Å². The zero-order chi connectivity index (χ0) is 14.3. The van der Waals surface area contributed by atoms with Crippen LogP contribution in [0.25, 0.3) is 0 Å². The first-order valence-corrected chi connectivity index (χ1v) is 6.05. The molecule has 0 saturated carbocycles. The van der Waals surface area contributed by atoms with Gasteiger partial charge in [0.2, 0.25) is 5.91 Å². The van der Waals surface area contributed by atoms with Gasteiger partial charge >= 0.3 is 22.3 Å². The highest BCUT2D eigenvalue weighted by molar-refractivity contribution is 7.88. The van der Waals surface area contributed by atoms with Gasteiger partial charge in [-0.3, -0.25) is 9.59 Å². The van der Waals surface area contributed by atoms with Crippen LogP contribution < -0.4 is 15.2 Å². The first-order valence-electron chi connectivity index (χ1n) is 4.57. The molecule has 0 rings (SSSR count). The second kappa shape index (κ2) is 6.76. The van der Waals surface area contributed by atoms with Crippen molar-refractivity contribution in [2.24, 2.45) is 5.73 Å². The van der Waals surface area contributed by atoms with Crippen molar-refractivity contribution in [3.63, 3.8) is 0 Å². The number of nitrogens with one attached hydrogen (secondary N) is 2. The van der Waals surface area contributed by atoms with E-state index in [-0.39, 0.29) is 12.8 Å². The van der Waals surface area contributed by atoms with Gasteiger partial charge in [0, 0.05) is 6.42 Å². The van der Waals surface area contributed by atoms with Crippen molar-refractivity contribution in [1.29, 1.82) is 0 Å². The second-order valence-corrected chi connectivity index (χ2v) is 4.56. The molecule has 104 valence electrons. The molecule has 0 unspecified atom stereocenters. The van der Waals surface area contributed by atoms with Gasteiger partial charge in [-0.05, 0) is 6.42 Å². The zero-order valence-corrected chi connectivity index (χ0v) is 10.2. The van der Waals surface area contributed by atoms with Crippen LogP contribution in [-0.4, -0.2) is 44.6 Å². The molecule has 11 heteroatoms. The van der Waals surface area contributed by atoms with Crippen molar-refractivity contribution in [3.05, 3.63) is 0 Å². The summed E-state index contributed by atoms with van der Waals surface area (Å²) in [5.41, 5.74) is 4.81. The van der Waals surface area contributed by atoms with E-state index in [1.807, 2.05) is 0 Å². The molecule has 18 heavy (non-hydrogen) atoms. The molecule has 0 heterocycles. The maximum Gasteiger partial charge on any atom is 0.421 e. The van der Waals surface area contributed by atoms with Crippen LogP contribution in [0.5, 0.6) is 0 Å². The van der Waals surface area contributed by atoms with Crippen molar-refractivity contribution in [3.8, 4) is 0 Å². The number of rotatable bonds is 7. The number of carboxylic acid groups (broad SMARTS) is 1. The van der Waals surface area contributed by atoms with Crippen LogP contribution in [-0.2, 0) is 24.5 Å². The number of carboxylic acids is 1. The summed E-state index contributed by atoms with van der Waals surface area (Å²) in [4.78, 5) is 31.9. The highest BCUT2D eigenvalue weighted by Crippen LogP contribution is 1.99. The number of hydrogen-bond acceptors (Lipinski definition) is 6. The Morgan fingerprint density at radius 1 is 1.39 bits per heavy atom. The maximum absolute atomic E-state index is 11.3. The van der Waals surface area contributed by atoms with Gasteiger partial charge in [0.15, 0.2) is 0 Å². The molecule has 5 N–H and O–H groups in total. The fraction of sp³-hybridized carbons (Fsp3) is 0.571. The second-order valence-electron chi connectivity index (χ2n) is 3.11. The number of nitrogens with two attached hydrogens (primary N) is 1. The molecule has 0 bridgehead atoms. The van der Waals surface area contributed by atoms with Gasteiger partial charge in [-0.2, -0.15) is 13.1 Å². The smallest absolute Gasteiger partial charge is 0.421 e. The van der Waals surface area contributed by atoms with E-state index in [1.54, 1.807) is 4.72 Å². The van der Waals surface area contributed by atoms with E-state index in [4.69, 9.17) is 10.8 Å². The number of carbonyl (C=O) groups is 3. The molecule has 0 fully saturated rings. The van der Waals surface area contributed by atoms with Gasteiger partial charge in [0.25, 0.3) is 0 Å². The van der Waals surface area contributed by atoms with Crippen molar-refractivity contribution in [1.82, 2.24) is 9.44 Å². The predicted molar refractivity (Wildman–Crippen MR) is 57.4 cm³/mol. The fourth-order valence-corrected chi connectivity index (χ4v) is 1.84. The summed E-state index contributed by atoms with van der Waals surface area (Å²) >= 11 is 0. The Morgan fingerprint density at radius 3 is 2.33 bits per heavy atom. The van der Waals surface area contributed by atoms with E-state index in [2.05, 4.69) is 4.74 Å². The summed E-state index contributed by atoms with van der Waals surface area (Å²) in [6.07, 6.45) is -1.94. The highest BCUT2D eigenvalue weighted by Gasteiger charge is 2.25. The number of primary amides is 1. The summed E-state index contributed by atoms with van der Waals surface area (Å²) in [7, 11) is -3.46. The van der Waals surface area contributed by atoms with E-state index >= 15 is 0 Å². The monoisotopic (exact) mass is 283 g/mol. The van der Waals surface area contributed by atoms with E-state index in [9.17, 15) is 22.8 Å². The van der Waals surface area contributed by atoms with E-state index in [1.165, 1.54) is 4.72 Å². The molecule has 10 nitrogen and oxygen atoms in total. The highest BCUT2D eigenvalue weighted by atomic mass is 32.2. The average Bonchev–Trinajstić information content (AvgIpc) is 2.22. The van der Waals surface area contributed by atoms with Gasteiger partial charge in [-0.25, -0.2) is 9.52 Å². The summed E-state index contributed by atoms with van der Waals surface area (Å²) in [6, 6.07) is -1.58. The predicted octanol–water partition coefficient (Wildman–Crippen LogP) is -2.10. The lowest BCUT2D eigenvalue weighted by Crippen LogP contribution is -2.48. The Balaban J connectivity index is 4.62. The minimum atomic E-state index is -4.39. The molecule has 0 spiro atoms. The molecule has 1 atom stereocenters. The molecular weight excluding hydrogens is 270 g/mol. The number of hydrogen-bond donors (Lipinski definition) is 4. The summed E-state index contributed by atoms with van der Waals surface area (Å²) < 4.78 is 29.6. The van der Waals surface area contributed by atoms with Crippen LogP contribution in [0.3, 0.4) is 0 Å². The topological polar surface area (TPSA) is 165 Å². The van der Waals surface area contributed by atoms with Gasteiger partial charge in [-0.1, -0.05) is 0 Å². The van der Waals surface area contributed by atoms with E-state index < -0.39 is 34.2 Å². The normalized spacial score (nSPS) is 12.5. The lowest BCUT2D eigenvalue weighted by atomic mass is 10.2. The maximum atomic E-state index is 11.3. The van der Waals surface area contributed by atoms with Crippen molar-refractivity contribution in [2.45, 2.75) is 18.9 Å². The number of aliphatic carboxylic acids is 1. The van der Waals surface area contributed by atoms with Gasteiger partial charge in [-0.15, -0.1) is 0 Å². The number of ether oxygens (including phenoxy) is 1. The minimum Gasteiger partial charge on any atom is -0.480 e. The van der Waals surface area contributed by atoms with Crippen molar-refractivity contribution < 1.29 is 32.6 Å². The SMILES string of the molecule is COC(=O)NS(=O)(=O)N[C@@H](CCC(N)=O)C(=O)O. The Labute approximate surface area is 103 Å². The fourth-order valence-electron chi connectivity index (χ4n) is 0.888. The Kier molecular flexibility index (Phi) is 6.05. The van der Waals surface area contributed by atoms with Gasteiger partial charge < -0.3 is 15.6 Å². The van der Waals surface area contributed by atoms with Crippen molar-refractivity contribution in [2.75, 3.05) is 7.11 Å². The standard InChI is InChI=1S/C7H13N3O7S/c1-17-7(14)10-18(15,16)9-4(6(12)13)2-3-5(8)11/h4,9H,2-3H2,1H3,(H2,8,11)(H,10,14)(H,12,13)/t4-/m0/s1. The molecule has 2 amide bonds. The minimum absolute atomic E-state index is 0.322. The van der Waals surface area contributed by atoms with E-state index in [0.717, 1.165) is 7.11 Å². The molecule has 0 aromatic heterocycles. The summed E-state index contributed by atoms with van der Waals surface area (Å²) in [5.74, 6) is -2.28. The molecule has 0 aromatic carbocycles. The number of amides is 2. The third-order valence-electron chi connectivity index (χ3n) is 1.68. The molecule has 0 saturated heterocycles. The number of methoxy groups -OCH3 is 1. The third-order valence-corrected chi connectivity index (χ3v) is 2.71. The molecule has 0 aliphatic heterocycles. The quantitative estimate of drug-likeness (QED) is 0.415. The van der Waals surface area contributed by atoms with Crippen LogP contribution in [0, 0.1) is 0 Å². The van der Waals surface area contributed by atoms with Gasteiger partial charge in [0.1, 0.15) is 6.04 Å². The van der Waals surface area contributed by atoms with Crippen LogP contribution in [0.4, 0.5) is 4.79 Å². The lowest BCUT2D eigenvalue weighted by molar-refractivity contribution is -0.139. The summed E-state index contributed by atoms with van der Waals surface area (Å²) in [6.45, 7) is 0. The Bertz CT molecular complexity index is 432. The van der Waals surface area contributed by atoms with Gasteiger partial charge in [0.05, 0.1) is 7.11 Å². The first kappa shape index (κ1) is 16.1. The van der Waals surface area contributed by atoms with E-state index in [0.29, 0.717) is 0 Å². The van der Waals surface area contributed by atoms with Crippen LogP contribution >= 0.6 is 0 Å². The lowest BCUT2D eigenvalue weighted by Gasteiger charge is -2.13. The van der Waals surface area contributed by atoms with Crippen molar-refractivity contribution >= 4 is 28.2 Å². The largest absolute Gasteiger partial charge is 0.480 e. The molecule has 0 radical (unpaired) electrons. The zero-order valence-electron chi connectivity index (χ0n) is 9.37. The van der Waals surface area contributed by atoms with Crippen LogP contribution in [0.2, 0.25) is 0 Å². The Hall–Kier alpha value is -1.88. The Morgan fingerprint density at radius 2 is 1.94 bits per heavy atom. The molecular formula is C7H13N3O7S. The third kappa shape index (κ3) is 6.65. The first-order chi connectivity index (χ1) is 8.18. The molecule has 0 aliphatic rings. The average molecular weight is 283 g/mol. The molecule has 0 aromatic rings. The molecule has 0 aliphatic carbocycles. The van der Waals surface area contributed by atoms with Crippen LogP contribution in [0.1, 0.15) is 12.8 Å². The summed E-state index contributed by atoms with van der Waals surface area (Å²) in [5, 5.41) is 8.72. The number of carbonyl (C=O) groups excluding carboxylic acids is 2.